The Morgan fingerprint density at radius 1 is 1.12 bits per heavy atom. The number of aryl methyl sites for hydroxylation is 1. The maximum Gasteiger partial charge on any atom is 0.281 e. The predicted octanol–water partition coefficient (Wildman–Crippen LogP) is 4.75. The second kappa shape index (κ2) is 9.72. The number of benzene rings is 3. The van der Waals surface area contributed by atoms with Crippen molar-refractivity contribution in [3.63, 3.8) is 0 Å². The molecule has 4 rings (SSSR count). The first-order chi connectivity index (χ1) is 16.4. The van der Waals surface area contributed by atoms with Gasteiger partial charge in [0.1, 0.15) is 23.8 Å². The lowest BCUT2D eigenvalue weighted by molar-refractivity contribution is -0.384. The molecule has 1 amide bonds. The van der Waals surface area contributed by atoms with Gasteiger partial charge in [0.05, 0.1) is 17.7 Å². The smallest absolute Gasteiger partial charge is 0.281 e. The number of para-hydroxylation sites is 1. The lowest BCUT2D eigenvalue weighted by Crippen LogP contribution is -2.30. The summed E-state index contributed by atoms with van der Waals surface area (Å²) in [6.07, 6.45) is 1.72. The van der Waals surface area contributed by atoms with Crippen LogP contribution in [0.25, 0.3) is 6.08 Å². The first kappa shape index (κ1) is 22.9. The summed E-state index contributed by atoms with van der Waals surface area (Å²) in [6, 6.07) is 18.9. The molecule has 0 saturated carbocycles. The van der Waals surface area contributed by atoms with E-state index in [-0.39, 0.29) is 18.2 Å². The zero-order valence-corrected chi connectivity index (χ0v) is 19.3. The van der Waals surface area contributed by atoms with Crippen LogP contribution in [0, 0.1) is 17.0 Å². The van der Waals surface area contributed by atoms with Crippen molar-refractivity contribution >= 4 is 40.7 Å². The number of rotatable bonds is 7. The highest BCUT2D eigenvalue weighted by molar-refractivity contribution is 7.80. The molecule has 1 fully saturated rings. The van der Waals surface area contributed by atoms with Crippen molar-refractivity contribution in [2.75, 3.05) is 12.0 Å². The van der Waals surface area contributed by atoms with Crippen LogP contribution >= 0.6 is 12.2 Å². The summed E-state index contributed by atoms with van der Waals surface area (Å²) in [7, 11) is 1.56. The van der Waals surface area contributed by atoms with Gasteiger partial charge in [-0.15, -0.1) is 0 Å². The van der Waals surface area contributed by atoms with Crippen LogP contribution in [0.3, 0.4) is 0 Å². The number of amides is 1. The highest BCUT2D eigenvalue weighted by Gasteiger charge is 2.32. The molecule has 172 valence electrons. The number of hydrogen-bond acceptors (Lipinski definition) is 6. The lowest BCUT2D eigenvalue weighted by Gasteiger charge is -2.16. The first-order valence-corrected chi connectivity index (χ1v) is 10.7. The Bertz CT molecular complexity index is 1300. The standard InChI is InChI=1S/C25H21N3O5S/c1-16-5-3-4-6-22(16)27-24(29)21(26-25(27)34)14-17-7-12-23(32-2)18(13-17)15-33-20-10-8-19(9-11-20)28(30)31/h3-14H,15H2,1-2H3,(H,26,34)/b21-14+. The maximum absolute atomic E-state index is 13.1. The van der Waals surface area contributed by atoms with Gasteiger partial charge in [-0.25, -0.2) is 0 Å². The molecule has 0 atom stereocenters. The van der Waals surface area contributed by atoms with Crippen LogP contribution in [0.1, 0.15) is 16.7 Å². The number of carbonyl (C=O) groups excluding carboxylic acids is 1. The van der Waals surface area contributed by atoms with Crippen molar-refractivity contribution in [3.05, 3.63) is 99.2 Å². The molecule has 1 aliphatic heterocycles. The van der Waals surface area contributed by atoms with E-state index in [9.17, 15) is 14.9 Å². The van der Waals surface area contributed by atoms with E-state index in [4.69, 9.17) is 21.7 Å². The molecule has 0 bridgehead atoms. The number of ether oxygens (including phenoxy) is 2. The van der Waals surface area contributed by atoms with Crippen molar-refractivity contribution < 1.29 is 19.2 Å². The van der Waals surface area contributed by atoms with Crippen molar-refractivity contribution in [3.8, 4) is 11.5 Å². The Balaban J connectivity index is 1.55. The Labute approximate surface area is 201 Å². The number of nitro benzene ring substituents is 1. The van der Waals surface area contributed by atoms with Gasteiger partial charge in [0.25, 0.3) is 11.6 Å². The number of thiocarbonyl (C=S) groups is 1. The maximum atomic E-state index is 13.1. The number of methoxy groups -OCH3 is 1. The molecule has 34 heavy (non-hydrogen) atoms. The molecule has 1 aliphatic rings. The van der Waals surface area contributed by atoms with Gasteiger partial charge < -0.3 is 14.8 Å². The van der Waals surface area contributed by atoms with Crippen LogP contribution in [0.5, 0.6) is 11.5 Å². The number of hydrogen-bond donors (Lipinski definition) is 1. The number of anilines is 1. The number of non-ortho nitro benzene ring substituents is 1. The molecule has 0 unspecified atom stereocenters. The molecule has 0 spiro atoms. The minimum absolute atomic E-state index is 0.00932. The molecule has 9 heteroatoms. The number of carbonyl (C=O) groups is 1. The van der Waals surface area contributed by atoms with E-state index < -0.39 is 4.92 Å². The summed E-state index contributed by atoms with van der Waals surface area (Å²) < 4.78 is 11.2. The van der Waals surface area contributed by atoms with Crippen LogP contribution in [-0.2, 0) is 11.4 Å². The van der Waals surface area contributed by atoms with Crippen LogP contribution < -0.4 is 19.7 Å². The molecule has 3 aromatic rings. The Morgan fingerprint density at radius 2 is 1.85 bits per heavy atom. The monoisotopic (exact) mass is 475 g/mol. The molecule has 1 N–H and O–H groups in total. The summed E-state index contributed by atoms with van der Waals surface area (Å²) in [5.74, 6) is 0.869. The molecule has 0 aromatic heterocycles. The van der Waals surface area contributed by atoms with E-state index in [2.05, 4.69) is 5.32 Å². The van der Waals surface area contributed by atoms with E-state index in [0.29, 0.717) is 22.3 Å². The van der Waals surface area contributed by atoms with Crippen molar-refractivity contribution in [1.82, 2.24) is 5.32 Å². The summed E-state index contributed by atoms with van der Waals surface area (Å²) in [6.45, 7) is 2.10. The van der Waals surface area contributed by atoms with Crippen molar-refractivity contribution in [1.29, 1.82) is 0 Å². The van der Waals surface area contributed by atoms with Gasteiger partial charge >= 0.3 is 0 Å². The summed E-state index contributed by atoms with van der Waals surface area (Å²) in [5, 5.41) is 14.1. The largest absolute Gasteiger partial charge is 0.496 e. The normalized spacial score (nSPS) is 14.3. The fraction of sp³-hybridized carbons (Fsp3) is 0.120. The SMILES string of the molecule is COc1ccc(/C=C2/NC(=S)N(c3ccccc3C)C2=O)cc1COc1ccc([N+](=O)[O-])cc1. The zero-order valence-electron chi connectivity index (χ0n) is 18.5. The fourth-order valence-corrected chi connectivity index (χ4v) is 3.85. The van der Waals surface area contributed by atoms with Crippen LogP contribution in [0.4, 0.5) is 11.4 Å². The summed E-state index contributed by atoms with van der Waals surface area (Å²) in [4.78, 5) is 24.9. The summed E-state index contributed by atoms with van der Waals surface area (Å²) in [5.41, 5.74) is 3.54. The second-order valence-electron chi connectivity index (χ2n) is 7.53. The third kappa shape index (κ3) is 4.74. The quantitative estimate of drug-likeness (QED) is 0.228. The van der Waals surface area contributed by atoms with E-state index >= 15 is 0 Å². The Morgan fingerprint density at radius 3 is 2.53 bits per heavy atom. The molecular weight excluding hydrogens is 454 g/mol. The predicted molar refractivity (Wildman–Crippen MR) is 133 cm³/mol. The Kier molecular flexibility index (Phi) is 6.55. The molecule has 1 heterocycles. The number of nitrogens with one attached hydrogen (secondary N) is 1. The van der Waals surface area contributed by atoms with Gasteiger partial charge in [0, 0.05) is 17.7 Å². The van der Waals surface area contributed by atoms with E-state index in [1.54, 1.807) is 31.4 Å². The lowest BCUT2D eigenvalue weighted by atomic mass is 10.1. The minimum atomic E-state index is -0.464. The van der Waals surface area contributed by atoms with Gasteiger partial charge in [0.2, 0.25) is 0 Å². The van der Waals surface area contributed by atoms with Crippen molar-refractivity contribution in [2.45, 2.75) is 13.5 Å². The molecule has 8 nitrogen and oxygen atoms in total. The van der Waals surface area contributed by atoms with Gasteiger partial charge in [-0.3, -0.25) is 19.8 Å². The van der Waals surface area contributed by atoms with E-state index in [0.717, 1.165) is 22.4 Å². The van der Waals surface area contributed by atoms with Crippen molar-refractivity contribution in [2.24, 2.45) is 0 Å². The van der Waals surface area contributed by atoms with Crippen LogP contribution in [0.2, 0.25) is 0 Å². The van der Waals surface area contributed by atoms with Crippen LogP contribution in [-0.4, -0.2) is 23.1 Å². The number of nitrogens with zero attached hydrogens (tertiary/aromatic N) is 2. The average molecular weight is 476 g/mol. The summed E-state index contributed by atoms with van der Waals surface area (Å²) >= 11 is 5.41. The third-order valence-corrected chi connectivity index (χ3v) is 5.58. The number of nitro groups is 1. The van der Waals surface area contributed by atoms with Gasteiger partial charge in [-0.05, 0) is 66.7 Å². The van der Waals surface area contributed by atoms with E-state index in [1.165, 1.54) is 17.0 Å². The first-order valence-electron chi connectivity index (χ1n) is 10.3. The third-order valence-electron chi connectivity index (χ3n) is 5.29. The molecule has 3 aromatic carbocycles. The highest BCUT2D eigenvalue weighted by Crippen LogP contribution is 2.27. The van der Waals surface area contributed by atoms with E-state index in [1.807, 2.05) is 43.3 Å². The van der Waals surface area contributed by atoms with Gasteiger partial charge in [-0.1, -0.05) is 24.3 Å². The fourth-order valence-electron chi connectivity index (χ4n) is 3.56. The van der Waals surface area contributed by atoms with Crippen LogP contribution in [0.15, 0.2) is 72.4 Å². The molecular formula is C25H21N3O5S. The molecule has 0 aliphatic carbocycles. The zero-order chi connectivity index (χ0) is 24.2. The second-order valence-corrected chi connectivity index (χ2v) is 7.91. The molecule has 1 saturated heterocycles. The minimum Gasteiger partial charge on any atom is -0.496 e. The Hall–Kier alpha value is -4.24. The van der Waals surface area contributed by atoms with Gasteiger partial charge in [-0.2, -0.15) is 0 Å². The van der Waals surface area contributed by atoms with Gasteiger partial charge in [0.15, 0.2) is 5.11 Å². The topological polar surface area (TPSA) is 93.9 Å². The average Bonchev–Trinajstić information content (AvgIpc) is 3.11. The molecule has 0 radical (unpaired) electrons. The highest BCUT2D eigenvalue weighted by atomic mass is 32.1.